The van der Waals surface area contributed by atoms with E-state index in [0.717, 1.165) is 35.5 Å². The Morgan fingerprint density at radius 2 is 2.04 bits per heavy atom. The number of hydrogen-bond donors (Lipinski definition) is 0. The predicted octanol–water partition coefficient (Wildman–Crippen LogP) is 4.09. The summed E-state index contributed by atoms with van der Waals surface area (Å²) in [5, 5.41) is 1.21. The lowest BCUT2D eigenvalue weighted by atomic mass is 10.1. The van der Waals surface area contributed by atoms with Gasteiger partial charge in [-0.2, -0.15) is 0 Å². The van der Waals surface area contributed by atoms with E-state index in [0.29, 0.717) is 0 Å². The molecule has 2 aromatic heterocycles. The molecule has 116 valence electrons. The topological polar surface area (TPSA) is 34.0 Å². The van der Waals surface area contributed by atoms with Gasteiger partial charge in [-0.15, -0.1) is 0 Å². The zero-order valence-corrected chi connectivity index (χ0v) is 14.3. The maximum atomic E-state index is 4.69. The Labute approximate surface area is 143 Å². The first-order chi connectivity index (χ1) is 11.3. The van der Waals surface area contributed by atoms with Crippen LogP contribution in [0.15, 0.2) is 41.3 Å². The summed E-state index contributed by atoms with van der Waals surface area (Å²) in [7, 11) is 0. The van der Waals surface area contributed by atoms with Crippen molar-refractivity contribution in [3.8, 4) is 0 Å². The van der Waals surface area contributed by atoms with Crippen LogP contribution in [0.3, 0.4) is 0 Å². The normalized spacial score (nSPS) is 17.5. The van der Waals surface area contributed by atoms with Gasteiger partial charge in [0.2, 0.25) is 0 Å². The molecule has 5 rings (SSSR count). The fourth-order valence-corrected chi connectivity index (χ4v) is 3.94. The van der Waals surface area contributed by atoms with Crippen LogP contribution in [0.25, 0.3) is 10.9 Å². The Balaban J connectivity index is 1.53. The molecule has 0 amide bonds. The van der Waals surface area contributed by atoms with Crippen LogP contribution in [-0.4, -0.2) is 21.1 Å². The van der Waals surface area contributed by atoms with E-state index in [1.54, 1.807) is 0 Å². The molecule has 0 atom stereocenters. The van der Waals surface area contributed by atoms with E-state index in [1.165, 1.54) is 35.3 Å². The summed E-state index contributed by atoms with van der Waals surface area (Å²) in [6.07, 6.45) is 7.66. The molecule has 0 spiro atoms. The SMILES string of the molecule is Brc1ccc2c(N3CCc4c(ncn4C4CC4)C3)ccnc2c1. The number of benzene rings is 1. The summed E-state index contributed by atoms with van der Waals surface area (Å²) in [6.45, 7) is 1.94. The second kappa shape index (κ2) is 5.06. The van der Waals surface area contributed by atoms with E-state index in [9.17, 15) is 0 Å². The fraction of sp³-hybridized carbons (Fsp3) is 0.333. The Morgan fingerprint density at radius 3 is 2.91 bits per heavy atom. The smallest absolute Gasteiger partial charge is 0.0955 e. The Hall–Kier alpha value is -1.88. The predicted molar refractivity (Wildman–Crippen MR) is 94.7 cm³/mol. The lowest BCUT2D eigenvalue weighted by Crippen LogP contribution is -2.31. The summed E-state index contributed by atoms with van der Waals surface area (Å²) >= 11 is 3.53. The summed E-state index contributed by atoms with van der Waals surface area (Å²) < 4.78 is 3.48. The third kappa shape index (κ3) is 2.26. The van der Waals surface area contributed by atoms with Crippen molar-refractivity contribution in [2.24, 2.45) is 0 Å². The molecule has 1 saturated carbocycles. The minimum atomic E-state index is 0.719. The van der Waals surface area contributed by atoms with Crippen LogP contribution in [0.5, 0.6) is 0 Å². The van der Waals surface area contributed by atoms with E-state index >= 15 is 0 Å². The standard InChI is InChI=1S/C18H17BrN4/c19-12-1-4-14-15(9-12)20-7-5-17(14)22-8-6-18-16(10-22)21-11-23(18)13-2-3-13/h1,4-5,7,9,11,13H,2-3,6,8,10H2. The fourth-order valence-electron chi connectivity index (χ4n) is 3.59. The third-order valence-corrected chi connectivity index (χ3v) is 5.40. The van der Waals surface area contributed by atoms with Gasteiger partial charge in [0.05, 0.1) is 24.1 Å². The highest BCUT2D eigenvalue weighted by Crippen LogP contribution is 2.38. The molecule has 0 radical (unpaired) electrons. The summed E-state index contributed by atoms with van der Waals surface area (Å²) in [5.74, 6) is 0. The van der Waals surface area contributed by atoms with Gasteiger partial charge in [-0.1, -0.05) is 15.9 Å². The van der Waals surface area contributed by atoms with E-state index in [2.05, 4.69) is 59.6 Å². The van der Waals surface area contributed by atoms with Crippen LogP contribution in [0.1, 0.15) is 30.3 Å². The molecular weight excluding hydrogens is 352 g/mol. The van der Waals surface area contributed by atoms with Crippen LogP contribution in [-0.2, 0) is 13.0 Å². The van der Waals surface area contributed by atoms with Gasteiger partial charge in [-0.05, 0) is 37.1 Å². The van der Waals surface area contributed by atoms with Crippen LogP contribution >= 0.6 is 15.9 Å². The highest BCUT2D eigenvalue weighted by Gasteiger charge is 2.29. The highest BCUT2D eigenvalue weighted by molar-refractivity contribution is 9.10. The van der Waals surface area contributed by atoms with E-state index in [1.807, 2.05) is 12.5 Å². The maximum Gasteiger partial charge on any atom is 0.0955 e. The number of hydrogen-bond acceptors (Lipinski definition) is 3. The summed E-state index contributed by atoms with van der Waals surface area (Å²) in [5.41, 5.74) is 4.98. The Morgan fingerprint density at radius 1 is 1.13 bits per heavy atom. The molecule has 1 fully saturated rings. The van der Waals surface area contributed by atoms with Crippen LogP contribution in [0, 0.1) is 0 Å². The number of pyridine rings is 1. The van der Waals surface area contributed by atoms with E-state index in [4.69, 9.17) is 0 Å². The number of anilines is 1. The molecule has 0 saturated heterocycles. The molecule has 3 heterocycles. The van der Waals surface area contributed by atoms with Gasteiger partial charge in [0.1, 0.15) is 0 Å². The van der Waals surface area contributed by atoms with Gasteiger partial charge in [0.15, 0.2) is 0 Å². The van der Waals surface area contributed by atoms with Gasteiger partial charge in [0, 0.05) is 46.4 Å². The minimum Gasteiger partial charge on any atom is -0.365 e. The van der Waals surface area contributed by atoms with Crippen molar-refractivity contribution in [2.45, 2.75) is 31.8 Å². The number of halogens is 1. The molecular formula is C18H17BrN4. The van der Waals surface area contributed by atoms with Crippen LogP contribution in [0.4, 0.5) is 5.69 Å². The molecule has 0 unspecified atom stereocenters. The zero-order valence-electron chi connectivity index (χ0n) is 12.7. The molecule has 1 aliphatic carbocycles. The van der Waals surface area contributed by atoms with Crippen molar-refractivity contribution < 1.29 is 0 Å². The van der Waals surface area contributed by atoms with Crippen LogP contribution < -0.4 is 4.90 Å². The summed E-state index contributed by atoms with van der Waals surface area (Å²) in [6, 6.07) is 9.16. The van der Waals surface area contributed by atoms with Crippen molar-refractivity contribution in [3.05, 3.63) is 52.7 Å². The number of nitrogens with zero attached hydrogens (tertiary/aromatic N) is 4. The zero-order chi connectivity index (χ0) is 15.4. The average Bonchev–Trinajstić information content (AvgIpc) is 3.33. The van der Waals surface area contributed by atoms with Crippen molar-refractivity contribution in [2.75, 3.05) is 11.4 Å². The molecule has 1 aliphatic heterocycles. The van der Waals surface area contributed by atoms with Gasteiger partial charge >= 0.3 is 0 Å². The molecule has 0 N–H and O–H groups in total. The van der Waals surface area contributed by atoms with Crippen molar-refractivity contribution in [1.82, 2.24) is 14.5 Å². The second-order valence-electron chi connectivity index (χ2n) is 6.44. The van der Waals surface area contributed by atoms with E-state index in [-0.39, 0.29) is 0 Å². The molecule has 4 nitrogen and oxygen atoms in total. The minimum absolute atomic E-state index is 0.719. The van der Waals surface area contributed by atoms with E-state index < -0.39 is 0 Å². The number of rotatable bonds is 2. The molecule has 0 bridgehead atoms. The number of fused-ring (bicyclic) bond motifs is 2. The van der Waals surface area contributed by atoms with Gasteiger partial charge < -0.3 is 9.47 Å². The number of aromatic nitrogens is 3. The molecule has 1 aromatic carbocycles. The maximum absolute atomic E-state index is 4.69. The summed E-state index contributed by atoms with van der Waals surface area (Å²) in [4.78, 5) is 11.6. The van der Waals surface area contributed by atoms with Gasteiger partial charge in [0.25, 0.3) is 0 Å². The van der Waals surface area contributed by atoms with Gasteiger partial charge in [-0.25, -0.2) is 4.98 Å². The number of imidazole rings is 1. The highest BCUT2D eigenvalue weighted by atomic mass is 79.9. The molecule has 2 aliphatic rings. The average molecular weight is 369 g/mol. The molecule has 5 heteroatoms. The first-order valence-corrected chi connectivity index (χ1v) is 8.93. The first kappa shape index (κ1) is 13.5. The van der Waals surface area contributed by atoms with Crippen molar-refractivity contribution in [3.63, 3.8) is 0 Å². The second-order valence-corrected chi connectivity index (χ2v) is 7.36. The lowest BCUT2D eigenvalue weighted by molar-refractivity contribution is 0.642. The van der Waals surface area contributed by atoms with Crippen molar-refractivity contribution >= 4 is 32.5 Å². The quantitative estimate of drug-likeness (QED) is 0.682. The Bertz CT molecular complexity index is 897. The molecule has 23 heavy (non-hydrogen) atoms. The van der Waals surface area contributed by atoms with Crippen molar-refractivity contribution in [1.29, 1.82) is 0 Å². The Kier molecular flexibility index (Phi) is 2.98. The lowest BCUT2D eigenvalue weighted by Gasteiger charge is -2.30. The third-order valence-electron chi connectivity index (χ3n) is 4.90. The molecule has 3 aromatic rings. The monoisotopic (exact) mass is 368 g/mol. The van der Waals surface area contributed by atoms with Gasteiger partial charge in [-0.3, -0.25) is 4.98 Å². The largest absolute Gasteiger partial charge is 0.365 e. The van der Waals surface area contributed by atoms with Crippen LogP contribution in [0.2, 0.25) is 0 Å². The first-order valence-electron chi connectivity index (χ1n) is 8.13.